The smallest absolute Gasteiger partial charge is 0.244 e. The molecule has 8 nitrogen and oxygen atoms in total. The fourth-order valence-electron chi connectivity index (χ4n) is 1.15. The third-order valence-corrected chi connectivity index (χ3v) is 3.51. The van der Waals surface area contributed by atoms with Crippen molar-refractivity contribution in [2.45, 2.75) is 18.2 Å². The van der Waals surface area contributed by atoms with E-state index in [4.69, 9.17) is 0 Å². The van der Waals surface area contributed by atoms with Gasteiger partial charge in [0.15, 0.2) is 0 Å². The Balaban J connectivity index is 2.62. The van der Waals surface area contributed by atoms with E-state index >= 15 is 0 Å². The monoisotopic (exact) mass is 287 g/mol. The lowest BCUT2D eigenvalue weighted by molar-refractivity contribution is -0.119. The maximum atomic E-state index is 11.8. The van der Waals surface area contributed by atoms with Crippen molar-refractivity contribution in [3.05, 3.63) is 12.4 Å². The second-order valence-corrected chi connectivity index (χ2v) is 5.43. The Morgan fingerprint density at radius 2 is 1.95 bits per heavy atom. The first-order chi connectivity index (χ1) is 8.99. The maximum Gasteiger partial charge on any atom is 0.244 e. The molecule has 0 atom stereocenters. The highest BCUT2D eigenvalue weighted by molar-refractivity contribution is 7.89. The molecule has 0 aromatic carbocycles. The van der Waals surface area contributed by atoms with E-state index in [1.54, 1.807) is 7.05 Å². The summed E-state index contributed by atoms with van der Waals surface area (Å²) in [5, 5.41) is 5.24. The van der Waals surface area contributed by atoms with E-state index in [2.05, 4.69) is 25.3 Å². The van der Waals surface area contributed by atoms with Gasteiger partial charge in [-0.3, -0.25) is 4.79 Å². The van der Waals surface area contributed by atoms with Crippen LogP contribution in [-0.4, -0.2) is 44.4 Å². The van der Waals surface area contributed by atoms with Crippen molar-refractivity contribution >= 4 is 21.9 Å². The van der Waals surface area contributed by atoms with Gasteiger partial charge in [-0.25, -0.2) is 23.1 Å². The number of rotatable bonds is 7. The molecule has 9 heteroatoms. The fourth-order valence-corrected chi connectivity index (χ4v) is 2.03. The van der Waals surface area contributed by atoms with Gasteiger partial charge in [0.1, 0.15) is 4.90 Å². The van der Waals surface area contributed by atoms with Crippen LogP contribution >= 0.6 is 0 Å². The second kappa shape index (κ2) is 7.00. The number of nitrogens with one attached hydrogen (secondary N) is 3. The highest BCUT2D eigenvalue weighted by atomic mass is 32.2. The van der Waals surface area contributed by atoms with Crippen molar-refractivity contribution in [2.24, 2.45) is 0 Å². The Morgan fingerprint density at radius 3 is 2.47 bits per heavy atom. The predicted molar refractivity (Wildman–Crippen MR) is 70.1 cm³/mol. The van der Waals surface area contributed by atoms with E-state index in [0.717, 1.165) is 6.42 Å². The number of carbonyl (C=O) groups excluding carboxylic acids is 1. The molecule has 0 radical (unpaired) electrons. The summed E-state index contributed by atoms with van der Waals surface area (Å²) in [6.07, 6.45) is 3.13. The van der Waals surface area contributed by atoms with Crippen LogP contribution in [0.4, 0.5) is 5.95 Å². The molecule has 0 aliphatic rings. The number of carbonyl (C=O) groups is 1. The molecule has 1 heterocycles. The van der Waals surface area contributed by atoms with Crippen molar-refractivity contribution in [2.75, 3.05) is 25.5 Å². The van der Waals surface area contributed by atoms with E-state index in [1.807, 2.05) is 6.92 Å². The Hall–Kier alpha value is -1.74. The zero-order valence-corrected chi connectivity index (χ0v) is 11.6. The predicted octanol–water partition coefficient (Wildman–Crippen LogP) is -0.677. The topological polar surface area (TPSA) is 113 Å². The average molecular weight is 287 g/mol. The van der Waals surface area contributed by atoms with Gasteiger partial charge in [-0.1, -0.05) is 6.92 Å². The van der Waals surface area contributed by atoms with Gasteiger partial charge in [0.25, 0.3) is 0 Å². The van der Waals surface area contributed by atoms with Crippen LogP contribution in [0.15, 0.2) is 17.3 Å². The van der Waals surface area contributed by atoms with E-state index in [1.165, 1.54) is 12.4 Å². The van der Waals surface area contributed by atoms with Crippen molar-refractivity contribution in [1.29, 1.82) is 0 Å². The summed E-state index contributed by atoms with van der Waals surface area (Å²) in [4.78, 5) is 18.8. The normalized spacial score (nSPS) is 11.1. The van der Waals surface area contributed by atoms with Crippen molar-refractivity contribution in [1.82, 2.24) is 20.0 Å². The molecule has 0 saturated heterocycles. The van der Waals surface area contributed by atoms with Crippen LogP contribution in [0.5, 0.6) is 0 Å². The number of anilines is 1. The van der Waals surface area contributed by atoms with Gasteiger partial charge in [-0.2, -0.15) is 0 Å². The molecule has 1 amide bonds. The average Bonchev–Trinajstić information content (AvgIpc) is 2.43. The summed E-state index contributed by atoms with van der Waals surface area (Å²) in [5.41, 5.74) is 0. The molecule has 1 aromatic heterocycles. The Kier molecular flexibility index (Phi) is 5.64. The van der Waals surface area contributed by atoms with E-state index in [9.17, 15) is 13.2 Å². The lowest BCUT2D eigenvalue weighted by atomic mass is 10.5. The summed E-state index contributed by atoms with van der Waals surface area (Å²) in [7, 11) is -2.14. The SMILES string of the molecule is CCCNC(=O)CNS(=O)(=O)c1cnc(NC)nc1. The highest BCUT2D eigenvalue weighted by Gasteiger charge is 2.16. The number of hydrogen-bond donors (Lipinski definition) is 3. The quantitative estimate of drug-likeness (QED) is 0.612. The molecule has 0 aliphatic heterocycles. The van der Waals surface area contributed by atoms with Gasteiger partial charge in [-0.05, 0) is 6.42 Å². The van der Waals surface area contributed by atoms with Crippen LogP contribution in [0.1, 0.15) is 13.3 Å². The minimum atomic E-state index is -3.77. The van der Waals surface area contributed by atoms with E-state index in [0.29, 0.717) is 12.5 Å². The third kappa shape index (κ3) is 4.79. The van der Waals surface area contributed by atoms with Crippen LogP contribution in [0.2, 0.25) is 0 Å². The maximum absolute atomic E-state index is 11.8. The third-order valence-electron chi connectivity index (χ3n) is 2.16. The molecule has 0 unspecified atom stereocenters. The lowest BCUT2D eigenvalue weighted by Crippen LogP contribution is -2.37. The van der Waals surface area contributed by atoms with Gasteiger partial charge in [0, 0.05) is 13.6 Å². The van der Waals surface area contributed by atoms with Gasteiger partial charge < -0.3 is 10.6 Å². The molecule has 0 saturated carbocycles. The number of amides is 1. The summed E-state index contributed by atoms with van der Waals surface area (Å²) in [5.74, 6) is -0.0576. The Labute approximate surface area is 112 Å². The van der Waals surface area contributed by atoms with Crippen molar-refractivity contribution < 1.29 is 13.2 Å². The molecule has 0 aliphatic carbocycles. The van der Waals surface area contributed by atoms with Crippen LogP contribution in [0.25, 0.3) is 0 Å². The number of sulfonamides is 1. The van der Waals surface area contributed by atoms with Crippen LogP contribution < -0.4 is 15.4 Å². The summed E-state index contributed by atoms with van der Waals surface area (Å²) in [6, 6.07) is 0. The molecule has 106 valence electrons. The Bertz CT molecular complexity index is 514. The number of nitrogens with zero attached hydrogens (tertiary/aromatic N) is 2. The molecular formula is C10H17N5O3S. The molecule has 0 fully saturated rings. The molecule has 19 heavy (non-hydrogen) atoms. The largest absolute Gasteiger partial charge is 0.357 e. The number of aromatic nitrogens is 2. The number of hydrogen-bond acceptors (Lipinski definition) is 6. The minimum Gasteiger partial charge on any atom is -0.357 e. The summed E-state index contributed by atoms with van der Waals surface area (Å²) < 4.78 is 25.8. The van der Waals surface area contributed by atoms with Crippen molar-refractivity contribution in [3.8, 4) is 0 Å². The van der Waals surface area contributed by atoms with Crippen molar-refractivity contribution in [3.63, 3.8) is 0 Å². The molecule has 1 aromatic rings. The second-order valence-electron chi connectivity index (χ2n) is 3.67. The van der Waals surface area contributed by atoms with Gasteiger partial charge in [0.2, 0.25) is 21.9 Å². The molecule has 1 rings (SSSR count). The minimum absolute atomic E-state index is 0.0882. The molecule has 0 spiro atoms. The summed E-state index contributed by atoms with van der Waals surface area (Å²) >= 11 is 0. The summed E-state index contributed by atoms with van der Waals surface area (Å²) in [6.45, 7) is 2.11. The zero-order valence-electron chi connectivity index (χ0n) is 10.8. The first-order valence-electron chi connectivity index (χ1n) is 5.75. The molecule has 0 bridgehead atoms. The van der Waals surface area contributed by atoms with E-state index in [-0.39, 0.29) is 17.3 Å². The van der Waals surface area contributed by atoms with E-state index < -0.39 is 10.0 Å². The highest BCUT2D eigenvalue weighted by Crippen LogP contribution is 2.06. The lowest BCUT2D eigenvalue weighted by Gasteiger charge is -2.07. The van der Waals surface area contributed by atoms with Gasteiger partial charge >= 0.3 is 0 Å². The standard InChI is InChI=1S/C10H17N5O3S/c1-3-4-12-9(16)7-15-19(17,18)8-5-13-10(11-2)14-6-8/h5-6,15H,3-4,7H2,1-2H3,(H,12,16)(H,11,13,14). The first kappa shape index (κ1) is 15.3. The first-order valence-corrected chi connectivity index (χ1v) is 7.24. The van der Waals surface area contributed by atoms with Gasteiger partial charge in [-0.15, -0.1) is 0 Å². The fraction of sp³-hybridized carbons (Fsp3) is 0.500. The van der Waals surface area contributed by atoms with Crippen LogP contribution in [-0.2, 0) is 14.8 Å². The van der Waals surface area contributed by atoms with Crippen LogP contribution in [0, 0.1) is 0 Å². The molecular weight excluding hydrogens is 270 g/mol. The van der Waals surface area contributed by atoms with Gasteiger partial charge in [0.05, 0.1) is 18.9 Å². The van der Waals surface area contributed by atoms with Crippen LogP contribution in [0.3, 0.4) is 0 Å². The Morgan fingerprint density at radius 1 is 1.32 bits per heavy atom. The molecule has 3 N–H and O–H groups in total. The zero-order chi connectivity index (χ0) is 14.3.